The summed E-state index contributed by atoms with van der Waals surface area (Å²) in [6.45, 7) is 0. The van der Waals surface area contributed by atoms with E-state index >= 15 is 0 Å². The number of nitrogens with zero attached hydrogens (tertiary/aromatic N) is 2. The summed E-state index contributed by atoms with van der Waals surface area (Å²) in [6.07, 6.45) is -4.79. The first-order valence-electron chi connectivity index (χ1n) is 6.42. The van der Waals surface area contributed by atoms with E-state index in [0.29, 0.717) is 4.47 Å². The number of rotatable bonds is 1. The van der Waals surface area contributed by atoms with Crippen LogP contribution in [0.2, 0.25) is 0 Å². The van der Waals surface area contributed by atoms with Crippen molar-refractivity contribution >= 4 is 15.9 Å². The predicted molar refractivity (Wildman–Crippen MR) is 77.0 cm³/mol. The fraction of sp³-hybridized carbons (Fsp3) is 0.143. The molecule has 1 aromatic carbocycles. The van der Waals surface area contributed by atoms with Crippen LogP contribution in [0.5, 0.6) is 5.88 Å². The lowest BCUT2D eigenvalue weighted by atomic mass is 9.83. The van der Waals surface area contributed by atoms with Crippen molar-refractivity contribution < 1.29 is 22.3 Å². The van der Waals surface area contributed by atoms with Gasteiger partial charge in [-0.1, -0.05) is 15.9 Å². The van der Waals surface area contributed by atoms with E-state index in [0.717, 1.165) is 6.07 Å². The third-order valence-corrected chi connectivity index (χ3v) is 3.98. The number of aromatic nitrogens is 2. The number of hydrogen-bond donors (Lipinski definition) is 2. The number of ether oxygens (including phenoxy) is 1. The Kier molecular flexibility index (Phi) is 3.76. The Morgan fingerprint density at radius 2 is 2.08 bits per heavy atom. The highest BCUT2D eigenvalue weighted by Gasteiger charge is 2.45. The standard InChI is InChI=1S/C14H7BrF4N4O/c15-5-1-2-8(16)6(3-5)9-7(4-20)12(21)24-13-10(9)11(22-23-13)14(17,18)19/h1-3,9H,21H2,(H,22,23). The molecule has 2 heterocycles. The molecule has 3 rings (SSSR count). The highest BCUT2D eigenvalue weighted by molar-refractivity contribution is 9.10. The molecule has 2 aromatic rings. The molecule has 5 nitrogen and oxygen atoms in total. The van der Waals surface area contributed by atoms with E-state index in [1.165, 1.54) is 12.1 Å². The normalized spacial score (nSPS) is 17.2. The summed E-state index contributed by atoms with van der Waals surface area (Å²) in [5.74, 6) is -3.05. The molecule has 1 unspecified atom stereocenters. The van der Waals surface area contributed by atoms with Gasteiger partial charge in [-0.05, 0) is 18.2 Å². The van der Waals surface area contributed by atoms with E-state index in [4.69, 9.17) is 10.5 Å². The molecule has 0 radical (unpaired) electrons. The molecule has 1 atom stereocenters. The molecule has 0 saturated heterocycles. The van der Waals surface area contributed by atoms with E-state index in [1.54, 1.807) is 6.07 Å². The maximum Gasteiger partial charge on any atom is 0.433 e. The van der Waals surface area contributed by atoms with Gasteiger partial charge in [0.1, 0.15) is 23.2 Å². The molecule has 0 fully saturated rings. The number of hydrogen-bond acceptors (Lipinski definition) is 4. The molecule has 124 valence electrons. The van der Waals surface area contributed by atoms with Crippen LogP contribution >= 0.6 is 15.9 Å². The van der Waals surface area contributed by atoms with Gasteiger partial charge in [-0.25, -0.2) is 4.39 Å². The predicted octanol–water partition coefficient (Wildman–Crippen LogP) is 3.55. The molecule has 0 spiro atoms. The van der Waals surface area contributed by atoms with Crippen molar-refractivity contribution in [2.75, 3.05) is 0 Å². The van der Waals surface area contributed by atoms with Crippen LogP contribution in [0, 0.1) is 17.1 Å². The van der Waals surface area contributed by atoms with E-state index in [9.17, 15) is 22.8 Å². The van der Waals surface area contributed by atoms with Gasteiger partial charge in [0.15, 0.2) is 0 Å². The second-order valence-electron chi connectivity index (χ2n) is 4.91. The largest absolute Gasteiger partial charge is 0.433 e. The van der Waals surface area contributed by atoms with Crippen molar-refractivity contribution in [3.8, 4) is 11.9 Å². The number of benzene rings is 1. The molecule has 0 amide bonds. The Labute approximate surface area is 140 Å². The monoisotopic (exact) mass is 402 g/mol. The summed E-state index contributed by atoms with van der Waals surface area (Å²) in [5.41, 5.74) is 3.42. The van der Waals surface area contributed by atoms with Crippen molar-refractivity contribution in [3.63, 3.8) is 0 Å². The van der Waals surface area contributed by atoms with Crippen molar-refractivity contribution in [3.05, 3.63) is 56.8 Å². The minimum Gasteiger partial charge on any atom is -0.420 e. The molecular weight excluding hydrogens is 396 g/mol. The van der Waals surface area contributed by atoms with Crippen LogP contribution in [-0.4, -0.2) is 10.2 Å². The Hall–Kier alpha value is -2.54. The average Bonchev–Trinajstić information content (AvgIpc) is 2.91. The summed E-state index contributed by atoms with van der Waals surface area (Å²) in [7, 11) is 0. The van der Waals surface area contributed by atoms with Gasteiger partial charge in [-0.2, -0.15) is 18.4 Å². The number of nitrogens with one attached hydrogen (secondary N) is 1. The minimum atomic E-state index is -4.79. The lowest BCUT2D eigenvalue weighted by Crippen LogP contribution is -2.23. The summed E-state index contributed by atoms with van der Waals surface area (Å²) >= 11 is 3.13. The molecule has 1 aliphatic heterocycles. The maximum absolute atomic E-state index is 14.3. The third kappa shape index (κ3) is 2.50. The van der Waals surface area contributed by atoms with E-state index in [1.807, 2.05) is 5.10 Å². The molecule has 24 heavy (non-hydrogen) atoms. The Morgan fingerprint density at radius 3 is 2.71 bits per heavy atom. The van der Waals surface area contributed by atoms with Gasteiger partial charge in [0, 0.05) is 10.0 Å². The first-order valence-corrected chi connectivity index (χ1v) is 7.21. The molecular formula is C14H7BrF4N4O. The van der Waals surface area contributed by atoms with Crippen LogP contribution in [0.15, 0.2) is 34.1 Å². The highest BCUT2D eigenvalue weighted by Crippen LogP contribution is 2.47. The SMILES string of the molecule is N#CC1=C(N)Oc2n[nH]c(C(F)(F)F)c2C1c1cc(Br)ccc1F. The molecule has 1 aliphatic rings. The summed E-state index contributed by atoms with van der Waals surface area (Å²) in [5, 5.41) is 14.6. The highest BCUT2D eigenvalue weighted by atomic mass is 79.9. The number of nitrogens with two attached hydrogens (primary N) is 1. The second-order valence-corrected chi connectivity index (χ2v) is 5.82. The first-order chi connectivity index (χ1) is 11.2. The van der Waals surface area contributed by atoms with Gasteiger partial charge in [0.2, 0.25) is 11.8 Å². The smallest absolute Gasteiger partial charge is 0.420 e. The minimum absolute atomic E-state index is 0.152. The van der Waals surface area contributed by atoms with Gasteiger partial charge in [-0.15, -0.1) is 5.10 Å². The number of nitriles is 1. The fourth-order valence-electron chi connectivity index (χ4n) is 2.51. The summed E-state index contributed by atoms with van der Waals surface area (Å²) in [4.78, 5) is 0. The fourth-order valence-corrected chi connectivity index (χ4v) is 2.89. The third-order valence-electron chi connectivity index (χ3n) is 3.49. The lowest BCUT2D eigenvalue weighted by molar-refractivity contribution is -0.141. The number of H-pyrrole nitrogens is 1. The Morgan fingerprint density at radius 1 is 1.38 bits per heavy atom. The number of alkyl halides is 3. The second kappa shape index (κ2) is 5.52. The Balaban J connectivity index is 2.33. The van der Waals surface area contributed by atoms with E-state index < -0.39 is 40.9 Å². The van der Waals surface area contributed by atoms with E-state index in [-0.39, 0.29) is 11.1 Å². The molecule has 0 aliphatic carbocycles. The first kappa shape index (κ1) is 16.3. The van der Waals surface area contributed by atoms with Gasteiger partial charge < -0.3 is 10.5 Å². The summed E-state index contributed by atoms with van der Waals surface area (Å²) < 4.78 is 59.4. The van der Waals surface area contributed by atoms with Crippen LogP contribution in [0.25, 0.3) is 0 Å². The molecule has 0 saturated carbocycles. The number of halogens is 5. The number of fused-ring (bicyclic) bond motifs is 1. The molecule has 10 heteroatoms. The molecule has 3 N–H and O–H groups in total. The van der Waals surface area contributed by atoms with Gasteiger partial charge in [0.05, 0.1) is 11.5 Å². The van der Waals surface area contributed by atoms with Gasteiger partial charge in [0.25, 0.3) is 0 Å². The lowest BCUT2D eigenvalue weighted by Gasteiger charge is -2.24. The number of allylic oxidation sites excluding steroid dienone is 1. The average molecular weight is 403 g/mol. The van der Waals surface area contributed by atoms with E-state index in [2.05, 4.69) is 21.0 Å². The molecule has 0 bridgehead atoms. The van der Waals surface area contributed by atoms with Crippen molar-refractivity contribution in [1.82, 2.24) is 10.2 Å². The molecule has 1 aromatic heterocycles. The Bertz CT molecular complexity index is 897. The zero-order valence-electron chi connectivity index (χ0n) is 11.6. The zero-order chi connectivity index (χ0) is 17.6. The number of aromatic amines is 1. The van der Waals surface area contributed by atoms with Crippen molar-refractivity contribution in [2.45, 2.75) is 12.1 Å². The van der Waals surface area contributed by atoms with Gasteiger partial charge >= 0.3 is 6.18 Å². The van der Waals surface area contributed by atoms with Crippen molar-refractivity contribution in [2.24, 2.45) is 5.73 Å². The topological polar surface area (TPSA) is 87.7 Å². The summed E-state index contributed by atoms with van der Waals surface area (Å²) in [6, 6.07) is 5.45. The zero-order valence-corrected chi connectivity index (χ0v) is 13.2. The van der Waals surface area contributed by atoms with Crippen LogP contribution in [0.1, 0.15) is 22.7 Å². The van der Waals surface area contributed by atoms with Crippen LogP contribution < -0.4 is 10.5 Å². The maximum atomic E-state index is 14.3. The van der Waals surface area contributed by atoms with Crippen LogP contribution in [0.4, 0.5) is 17.6 Å². The van der Waals surface area contributed by atoms with Crippen LogP contribution in [-0.2, 0) is 6.18 Å². The van der Waals surface area contributed by atoms with Gasteiger partial charge in [-0.3, -0.25) is 5.10 Å². The van der Waals surface area contributed by atoms with Crippen LogP contribution in [0.3, 0.4) is 0 Å². The van der Waals surface area contributed by atoms with Crippen molar-refractivity contribution in [1.29, 1.82) is 5.26 Å². The quantitative estimate of drug-likeness (QED) is 0.714.